The molecule has 1 atom stereocenters. The second kappa shape index (κ2) is 7.64. The molecule has 0 spiro atoms. The summed E-state index contributed by atoms with van der Waals surface area (Å²) >= 11 is 11.6. The van der Waals surface area contributed by atoms with Gasteiger partial charge in [-0.05, 0) is 45.2 Å². The Bertz CT molecular complexity index is 563. The lowest BCUT2D eigenvalue weighted by Gasteiger charge is -2.28. The van der Waals surface area contributed by atoms with Crippen LogP contribution in [0.5, 0.6) is 0 Å². The standard InChI is InChI=1S/C15H21Cl2N3O3/c1-15(2,3)23-14(21)20-6-4-5-11(20)9-22-8-10-7-18-13(17)19-12(10)16/h7,11H,4-6,8-9H2,1-3H3/t11-/m1/s1. The molecule has 2 heterocycles. The minimum atomic E-state index is -0.501. The number of halogens is 2. The van der Waals surface area contributed by atoms with E-state index in [9.17, 15) is 4.79 Å². The highest BCUT2D eigenvalue weighted by atomic mass is 35.5. The van der Waals surface area contributed by atoms with Crippen molar-refractivity contribution in [1.82, 2.24) is 14.9 Å². The molecular weight excluding hydrogens is 341 g/mol. The molecule has 1 amide bonds. The fourth-order valence-electron chi connectivity index (χ4n) is 2.34. The second-order valence-corrected chi connectivity index (χ2v) is 7.14. The van der Waals surface area contributed by atoms with Crippen molar-refractivity contribution in [3.8, 4) is 0 Å². The lowest BCUT2D eigenvalue weighted by molar-refractivity contribution is 0.00879. The molecule has 1 aliphatic heterocycles. The van der Waals surface area contributed by atoms with E-state index in [1.807, 2.05) is 20.8 Å². The molecule has 0 aromatic carbocycles. The van der Waals surface area contributed by atoms with E-state index in [0.717, 1.165) is 12.8 Å². The van der Waals surface area contributed by atoms with Crippen molar-refractivity contribution in [2.24, 2.45) is 0 Å². The molecule has 1 aromatic heterocycles. The first-order valence-corrected chi connectivity index (χ1v) is 8.26. The van der Waals surface area contributed by atoms with E-state index in [2.05, 4.69) is 9.97 Å². The fourth-order valence-corrected chi connectivity index (χ4v) is 2.70. The maximum absolute atomic E-state index is 12.2. The van der Waals surface area contributed by atoms with Crippen LogP contribution in [0.25, 0.3) is 0 Å². The highest BCUT2D eigenvalue weighted by molar-refractivity contribution is 6.32. The van der Waals surface area contributed by atoms with E-state index in [4.69, 9.17) is 32.7 Å². The van der Waals surface area contributed by atoms with Gasteiger partial charge in [-0.1, -0.05) is 11.6 Å². The summed E-state index contributed by atoms with van der Waals surface area (Å²) in [6.45, 7) is 6.94. The number of amides is 1. The van der Waals surface area contributed by atoms with E-state index in [1.54, 1.807) is 4.90 Å². The van der Waals surface area contributed by atoms with Gasteiger partial charge in [0.05, 0.1) is 19.3 Å². The molecular formula is C15H21Cl2N3O3. The van der Waals surface area contributed by atoms with Gasteiger partial charge in [-0.2, -0.15) is 0 Å². The average Bonchev–Trinajstić information content (AvgIpc) is 2.88. The van der Waals surface area contributed by atoms with Crippen molar-refractivity contribution in [1.29, 1.82) is 0 Å². The number of carbonyl (C=O) groups excluding carboxylic acids is 1. The first-order chi connectivity index (χ1) is 10.8. The average molecular weight is 362 g/mol. The van der Waals surface area contributed by atoms with Gasteiger partial charge in [-0.15, -0.1) is 0 Å². The van der Waals surface area contributed by atoms with Gasteiger partial charge in [0, 0.05) is 18.3 Å². The zero-order valence-electron chi connectivity index (χ0n) is 13.5. The lowest BCUT2D eigenvalue weighted by Crippen LogP contribution is -2.41. The van der Waals surface area contributed by atoms with Crippen LogP contribution < -0.4 is 0 Å². The number of likely N-dealkylation sites (tertiary alicyclic amines) is 1. The van der Waals surface area contributed by atoms with Crippen molar-refractivity contribution in [2.75, 3.05) is 13.2 Å². The summed E-state index contributed by atoms with van der Waals surface area (Å²) in [5.41, 5.74) is 0.164. The van der Waals surface area contributed by atoms with E-state index in [0.29, 0.717) is 18.7 Å². The van der Waals surface area contributed by atoms with Crippen molar-refractivity contribution in [2.45, 2.75) is 51.9 Å². The van der Waals surface area contributed by atoms with Crippen molar-refractivity contribution in [3.63, 3.8) is 0 Å². The van der Waals surface area contributed by atoms with Crippen molar-refractivity contribution >= 4 is 29.3 Å². The van der Waals surface area contributed by atoms with Crippen molar-refractivity contribution in [3.05, 3.63) is 22.2 Å². The Morgan fingerprint density at radius 2 is 2.17 bits per heavy atom. The number of ether oxygens (including phenoxy) is 2. The Morgan fingerprint density at radius 3 is 2.83 bits per heavy atom. The molecule has 8 heteroatoms. The van der Waals surface area contributed by atoms with Crippen LogP contribution in [0, 0.1) is 0 Å². The molecule has 1 aliphatic rings. The lowest BCUT2D eigenvalue weighted by atomic mass is 10.2. The van der Waals surface area contributed by atoms with Crippen LogP contribution in [0.15, 0.2) is 6.20 Å². The first-order valence-electron chi connectivity index (χ1n) is 7.50. The number of nitrogens with zero attached hydrogens (tertiary/aromatic N) is 3. The number of aromatic nitrogens is 2. The van der Waals surface area contributed by atoms with Gasteiger partial charge in [0.1, 0.15) is 10.8 Å². The Kier molecular flexibility index (Phi) is 6.06. The van der Waals surface area contributed by atoms with Crippen LogP contribution in [-0.4, -0.2) is 45.8 Å². The maximum Gasteiger partial charge on any atom is 0.410 e. The molecule has 23 heavy (non-hydrogen) atoms. The molecule has 0 saturated carbocycles. The Balaban J connectivity index is 1.85. The molecule has 1 fully saturated rings. The summed E-state index contributed by atoms with van der Waals surface area (Å²) in [6.07, 6.45) is 3.08. The zero-order chi connectivity index (χ0) is 17.0. The summed E-state index contributed by atoms with van der Waals surface area (Å²) in [5, 5.41) is 0.381. The third kappa shape index (κ3) is 5.48. The SMILES string of the molecule is CC(C)(C)OC(=O)N1CCC[C@@H]1COCc1cnc(Cl)nc1Cl. The predicted octanol–water partition coefficient (Wildman–Crippen LogP) is 3.70. The van der Waals surface area contributed by atoms with Crippen LogP contribution in [0.4, 0.5) is 4.79 Å². The van der Waals surface area contributed by atoms with Crippen LogP contribution in [0.2, 0.25) is 10.4 Å². The molecule has 1 aromatic rings. The molecule has 0 N–H and O–H groups in total. The Morgan fingerprint density at radius 1 is 1.43 bits per heavy atom. The zero-order valence-corrected chi connectivity index (χ0v) is 15.0. The second-order valence-electron chi connectivity index (χ2n) is 6.44. The number of carbonyl (C=O) groups is 1. The summed E-state index contributed by atoms with van der Waals surface area (Å²) in [6, 6.07) is 0.0110. The highest BCUT2D eigenvalue weighted by Crippen LogP contribution is 2.22. The largest absolute Gasteiger partial charge is 0.444 e. The van der Waals surface area contributed by atoms with Gasteiger partial charge in [0.15, 0.2) is 0 Å². The van der Waals surface area contributed by atoms with Gasteiger partial charge in [-0.3, -0.25) is 0 Å². The van der Waals surface area contributed by atoms with Gasteiger partial charge in [0.2, 0.25) is 5.28 Å². The summed E-state index contributed by atoms with van der Waals surface area (Å²) < 4.78 is 11.1. The molecule has 0 radical (unpaired) electrons. The van der Waals surface area contributed by atoms with E-state index in [1.165, 1.54) is 6.20 Å². The summed E-state index contributed by atoms with van der Waals surface area (Å²) in [4.78, 5) is 21.7. The Hall–Kier alpha value is -1.11. The monoisotopic (exact) mass is 361 g/mol. The minimum absolute atomic E-state index is 0.0110. The van der Waals surface area contributed by atoms with Gasteiger partial charge in [0.25, 0.3) is 0 Å². The van der Waals surface area contributed by atoms with Crippen LogP contribution in [-0.2, 0) is 16.1 Å². The third-order valence-corrected chi connectivity index (χ3v) is 3.86. The molecule has 1 saturated heterocycles. The smallest absolute Gasteiger partial charge is 0.410 e. The number of hydrogen-bond acceptors (Lipinski definition) is 5. The van der Waals surface area contributed by atoms with Gasteiger partial charge in [-0.25, -0.2) is 14.8 Å². The fraction of sp³-hybridized carbons (Fsp3) is 0.667. The summed E-state index contributed by atoms with van der Waals surface area (Å²) in [5.74, 6) is 0. The van der Waals surface area contributed by atoms with Crippen LogP contribution in [0.3, 0.4) is 0 Å². The molecule has 0 unspecified atom stereocenters. The van der Waals surface area contributed by atoms with Crippen LogP contribution in [0.1, 0.15) is 39.2 Å². The van der Waals surface area contributed by atoms with Gasteiger partial charge < -0.3 is 14.4 Å². The molecule has 0 bridgehead atoms. The molecule has 6 nitrogen and oxygen atoms in total. The quantitative estimate of drug-likeness (QED) is 0.604. The van der Waals surface area contributed by atoms with Crippen LogP contribution >= 0.6 is 23.2 Å². The number of rotatable bonds is 4. The normalized spacial score (nSPS) is 18.3. The number of hydrogen-bond donors (Lipinski definition) is 0. The third-order valence-electron chi connectivity index (χ3n) is 3.36. The molecule has 0 aliphatic carbocycles. The predicted molar refractivity (Wildman–Crippen MR) is 87.7 cm³/mol. The van der Waals surface area contributed by atoms with Crippen molar-refractivity contribution < 1.29 is 14.3 Å². The summed E-state index contributed by atoms with van der Waals surface area (Å²) in [7, 11) is 0. The first kappa shape index (κ1) is 18.2. The topological polar surface area (TPSA) is 64.5 Å². The van der Waals surface area contributed by atoms with E-state index < -0.39 is 5.60 Å². The van der Waals surface area contributed by atoms with Gasteiger partial charge >= 0.3 is 6.09 Å². The van der Waals surface area contributed by atoms with E-state index >= 15 is 0 Å². The minimum Gasteiger partial charge on any atom is -0.444 e. The van der Waals surface area contributed by atoms with E-state index in [-0.39, 0.29) is 29.2 Å². The highest BCUT2D eigenvalue weighted by Gasteiger charge is 2.32. The Labute approximate surface area is 146 Å². The molecule has 128 valence electrons. The maximum atomic E-state index is 12.2. The molecule has 2 rings (SSSR count).